The molecule has 0 fully saturated rings. The average molecular weight is 380 g/mol. The lowest BCUT2D eigenvalue weighted by Crippen LogP contribution is -2.40. The molecule has 0 saturated heterocycles. The van der Waals surface area contributed by atoms with Gasteiger partial charge in [0.25, 0.3) is 5.91 Å². The normalized spacial score (nSPS) is 11.1. The van der Waals surface area contributed by atoms with Crippen LogP contribution in [0, 0.1) is 0 Å². The number of aromatic nitrogens is 1. The number of amides is 2. The van der Waals surface area contributed by atoms with Gasteiger partial charge in [-0.15, -0.1) is 0 Å². The van der Waals surface area contributed by atoms with Crippen molar-refractivity contribution in [1.82, 2.24) is 10.3 Å². The molecule has 0 spiro atoms. The smallest absolute Gasteiger partial charge is 0.270 e. The van der Waals surface area contributed by atoms with Crippen LogP contribution in [0.1, 0.15) is 36.8 Å². The van der Waals surface area contributed by atoms with E-state index in [2.05, 4.69) is 15.6 Å². The third-order valence-electron chi connectivity index (χ3n) is 3.16. The highest BCUT2D eigenvalue weighted by Gasteiger charge is 2.17. The molecule has 5 nitrogen and oxygen atoms in total. The number of anilines is 1. The van der Waals surface area contributed by atoms with Gasteiger partial charge in [-0.05, 0) is 50.6 Å². The maximum Gasteiger partial charge on any atom is 0.270 e. The van der Waals surface area contributed by atoms with Gasteiger partial charge in [0.05, 0.1) is 6.42 Å². The first-order valence-electron chi connectivity index (χ1n) is 7.67. The third-order valence-corrected chi connectivity index (χ3v) is 3.87. The van der Waals surface area contributed by atoms with Gasteiger partial charge < -0.3 is 10.6 Å². The topological polar surface area (TPSA) is 71.1 Å². The minimum absolute atomic E-state index is 0.0321. The Morgan fingerprint density at radius 3 is 2.36 bits per heavy atom. The summed E-state index contributed by atoms with van der Waals surface area (Å²) in [5.74, 6) is -0.596. The van der Waals surface area contributed by atoms with Crippen LogP contribution in [0.5, 0.6) is 0 Å². The van der Waals surface area contributed by atoms with Crippen molar-refractivity contribution in [3.05, 3.63) is 57.8 Å². The number of rotatable bonds is 4. The largest absolute Gasteiger partial charge is 0.346 e. The molecule has 2 rings (SSSR count). The molecular weight excluding hydrogens is 361 g/mol. The van der Waals surface area contributed by atoms with Gasteiger partial charge in [-0.1, -0.05) is 29.3 Å². The van der Waals surface area contributed by atoms with Crippen LogP contribution in [0.3, 0.4) is 0 Å². The SMILES string of the molecule is CC(C)(C)NC(=O)c1cc(NC(=O)Cc2c(Cl)cccc2Cl)ccn1. The van der Waals surface area contributed by atoms with E-state index in [0.29, 0.717) is 21.3 Å². The van der Waals surface area contributed by atoms with Crippen molar-refractivity contribution in [1.29, 1.82) is 0 Å². The molecule has 0 atom stereocenters. The summed E-state index contributed by atoms with van der Waals surface area (Å²) in [5, 5.41) is 6.41. The molecule has 2 N–H and O–H groups in total. The summed E-state index contributed by atoms with van der Waals surface area (Å²) in [7, 11) is 0. The Morgan fingerprint density at radius 2 is 1.76 bits per heavy atom. The predicted molar refractivity (Wildman–Crippen MR) is 100 cm³/mol. The van der Waals surface area contributed by atoms with E-state index in [1.807, 2.05) is 20.8 Å². The molecule has 7 heteroatoms. The number of pyridine rings is 1. The second-order valence-electron chi connectivity index (χ2n) is 6.56. The van der Waals surface area contributed by atoms with E-state index in [9.17, 15) is 9.59 Å². The van der Waals surface area contributed by atoms with Crippen molar-refractivity contribution < 1.29 is 9.59 Å². The second kappa shape index (κ2) is 7.85. The first-order chi connectivity index (χ1) is 11.7. The van der Waals surface area contributed by atoms with Crippen LogP contribution < -0.4 is 10.6 Å². The summed E-state index contributed by atoms with van der Waals surface area (Å²) in [6.07, 6.45) is 1.50. The Bertz CT molecular complexity index is 781. The first kappa shape index (κ1) is 19.2. The highest BCUT2D eigenvalue weighted by Crippen LogP contribution is 2.25. The Labute approximate surface area is 156 Å². The minimum Gasteiger partial charge on any atom is -0.346 e. The molecular formula is C18H19Cl2N3O2. The van der Waals surface area contributed by atoms with Crippen molar-refractivity contribution >= 4 is 40.7 Å². The lowest BCUT2D eigenvalue weighted by Gasteiger charge is -2.20. The summed E-state index contributed by atoms with van der Waals surface area (Å²) in [5.41, 5.74) is 0.882. The molecule has 2 amide bonds. The number of hydrogen-bond donors (Lipinski definition) is 2. The maximum atomic E-state index is 12.2. The van der Waals surface area contributed by atoms with E-state index >= 15 is 0 Å². The van der Waals surface area contributed by atoms with Gasteiger partial charge in [-0.3, -0.25) is 14.6 Å². The zero-order valence-corrected chi connectivity index (χ0v) is 15.7. The molecule has 0 aliphatic carbocycles. The second-order valence-corrected chi connectivity index (χ2v) is 7.37. The van der Waals surface area contributed by atoms with Crippen molar-refractivity contribution in [2.75, 3.05) is 5.32 Å². The molecule has 1 aromatic heterocycles. The number of hydrogen-bond acceptors (Lipinski definition) is 3. The fourth-order valence-corrected chi connectivity index (χ4v) is 2.64. The average Bonchev–Trinajstić information content (AvgIpc) is 2.50. The molecule has 0 saturated carbocycles. The van der Waals surface area contributed by atoms with Crippen LogP contribution in [0.15, 0.2) is 36.5 Å². The van der Waals surface area contributed by atoms with Crippen LogP contribution in [-0.4, -0.2) is 22.3 Å². The number of carbonyl (C=O) groups is 2. The van der Waals surface area contributed by atoms with Gasteiger partial charge >= 0.3 is 0 Å². The van der Waals surface area contributed by atoms with E-state index < -0.39 is 0 Å². The molecule has 0 unspecified atom stereocenters. The Morgan fingerprint density at radius 1 is 1.12 bits per heavy atom. The minimum atomic E-state index is -0.376. The first-order valence-corrected chi connectivity index (χ1v) is 8.42. The fraction of sp³-hybridized carbons (Fsp3) is 0.278. The standard InChI is InChI=1S/C18H19Cl2N3O2/c1-18(2,3)23-17(25)15-9-11(7-8-21-15)22-16(24)10-12-13(19)5-4-6-14(12)20/h4-9H,10H2,1-3H3,(H,23,25)(H,21,22,24). The van der Waals surface area contributed by atoms with Crippen LogP contribution in [0.2, 0.25) is 10.0 Å². The van der Waals surface area contributed by atoms with Gasteiger partial charge in [0.15, 0.2) is 0 Å². The molecule has 2 aromatic rings. The highest BCUT2D eigenvalue weighted by molar-refractivity contribution is 6.36. The lowest BCUT2D eigenvalue weighted by molar-refractivity contribution is -0.115. The molecule has 25 heavy (non-hydrogen) atoms. The highest BCUT2D eigenvalue weighted by atomic mass is 35.5. The summed E-state index contributed by atoms with van der Waals surface area (Å²) in [4.78, 5) is 28.4. The Hall–Kier alpha value is -2.11. The molecule has 0 aliphatic heterocycles. The van der Waals surface area contributed by atoms with Gasteiger partial charge in [-0.2, -0.15) is 0 Å². The summed E-state index contributed by atoms with van der Waals surface area (Å²) in [6, 6.07) is 8.21. The van der Waals surface area contributed by atoms with Crippen molar-refractivity contribution in [3.8, 4) is 0 Å². The van der Waals surface area contributed by atoms with Crippen LogP contribution >= 0.6 is 23.2 Å². The molecule has 0 radical (unpaired) electrons. The molecule has 1 aromatic carbocycles. The van der Waals surface area contributed by atoms with E-state index in [1.54, 1.807) is 24.3 Å². The van der Waals surface area contributed by atoms with Crippen LogP contribution in [0.4, 0.5) is 5.69 Å². The summed E-state index contributed by atoms with van der Waals surface area (Å²) in [6.45, 7) is 5.64. The lowest BCUT2D eigenvalue weighted by atomic mass is 10.1. The van der Waals surface area contributed by atoms with Crippen LogP contribution in [0.25, 0.3) is 0 Å². The molecule has 132 valence electrons. The maximum absolute atomic E-state index is 12.2. The summed E-state index contributed by atoms with van der Waals surface area (Å²) < 4.78 is 0. The van der Waals surface area contributed by atoms with E-state index in [4.69, 9.17) is 23.2 Å². The number of nitrogens with zero attached hydrogens (tertiary/aromatic N) is 1. The third kappa shape index (κ3) is 5.73. The Balaban J connectivity index is 2.09. The van der Waals surface area contributed by atoms with Crippen LogP contribution in [-0.2, 0) is 11.2 Å². The molecule has 0 bridgehead atoms. The fourth-order valence-electron chi connectivity index (χ4n) is 2.10. The number of nitrogens with one attached hydrogen (secondary N) is 2. The van der Waals surface area contributed by atoms with E-state index in [1.165, 1.54) is 12.3 Å². The Kier molecular flexibility index (Phi) is 6.03. The molecule has 0 aliphatic rings. The van der Waals surface area contributed by atoms with E-state index in [0.717, 1.165) is 0 Å². The van der Waals surface area contributed by atoms with Gasteiger partial charge in [0.2, 0.25) is 5.91 Å². The van der Waals surface area contributed by atoms with Crippen molar-refractivity contribution in [2.24, 2.45) is 0 Å². The predicted octanol–water partition coefficient (Wildman–Crippen LogP) is 4.10. The zero-order chi connectivity index (χ0) is 18.6. The monoisotopic (exact) mass is 379 g/mol. The number of halogens is 2. The number of carbonyl (C=O) groups excluding carboxylic acids is 2. The quantitative estimate of drug-likeness (QED) is 0.839. The summed E-state index contributed by atoms with van der Waals surface area (Å²) >= 11 is 12.2. The van der Waals surface area contributed by atoms with E-state index in [-0.39, 0.29) is 29.5 Å². The number of benzene rings is 1. The van der Waals surface area contributed by atoms with Gasteiger partial charge in [0, 0.05) is 27.5 Å². The van der Waals surface area contributed by atoms with Crippen molar-refractivity contribution in [2.45, 2.75) is 32.7 Å². The van der Waals surface area contributed by atoms with Gasteiger partial charge in [0.1, 0.15) is 5.69 Å². The van der Waals surface area contributed by atoms with Gasteiger partial charge in [-0.25, -0.2) is 0 Å². The van der Waals surface area contributed by atoms with Crippen molar-refractivity contribution in [3.63, 3.8) is 0 Å². The molecule has 1 heterocycles. The zero-order valence-electron chi connectivity index (χ0n) is 14.2.